The van der Waals surface area contributed by atoms with Crippen molar-refractivity contribution < 1.29 is 26.4 Å². The van der Waals surface area contributed by atoms with Crippen LogP contribution in [0.2, 0.25) is 0 Å². The molecular weight excluding hydrogens is 293 g/mol. The Hall–Kier alpha value is -1.73. The van der Waals surface area contributed by atoms with Crippen molar-refractivity contribution in [2.24, 2.45) is 0 Å². The number of carbonyl (C=O) groups is 1. The molecule has 0 spiro atoms. The molecule has 0 aliphatic rings. The minimum atomic E-state index is -4.98. The first-order valence-corrected chi connectivity index (χ1v) is 6.59. The first-order valence-electron chi connectivity index (χ1n) is 5.52. The zero-order valence-electron chi connectivity index (χ0n) is 10.0. The van der Waals surface area contributed by atoms with E-state index < -0.39 is 29.0 Å². The number of rotatable bonds is 4. The molecule has 0 aliphatic heterocycles. The predicted octanol–water partition coefficient (Wildman–Crippen LogP) is 3.22. The maximum absolute atomic E-state index is 12.0. The van der Waals surface area contributed by atoms with Crippen LogP contribution >= 0.6 is 0 Å². The predicted molar refractivity (Wildman–Crippen MR) is 68.4 cm³/mol. The summed E-state index contributed by atoms with van der Waals surface area (Å²) < 4.78 is 50.6. The molecule has 0 bridgehead atoms. The molecule has 0 heterocycles. The summed E-state index contributed by atoms with van der Waals surface area (Å²) in [6, 6.07) is 12.0. The quantitative estimate of drug-likeness (QED) is 0.814. The number of halogens is 3. The minimum absolute atomic E-state index is 0.211. The summed E-state index contributed by atoms with van der Waals surface area (Å²) in [5.41, 5.74) is -4.77. The van der Waals surface area contributed by atoms with Crippen LogP contribution in [0.3, 0.4) is 0 Å². The van der Waals surface area contributed by atoms with E-state index in [2.05, 4.69) is 4.18 Å². The van der Waals surface area contributed by atoms with Crippen molar-refractivity contribution >= 4 is 27.6 Å². The number of ketones is 1. The van der Waals surface area contributed by atoms with Gasteiger partial charge in [-0.1, -0.05) is 36.4 Å². The number of fused-ring (bicyclic) bond motifs is 1. The number of carbonyl (C=O) groups excluding carboxylic acids is 1. The highest BCUT2D eigenvalue weighted by Crippen LogP contribution is 2.21. The Morgan fingerprint density at radius 2 is 1.75 bits per heavy atom. The van der Waals surface area contributed by atoms with Crippen LogP contribution in [-0.4, -0.2) is 22.1 Å². The lowest BCUT2D eigenvalue weighted by Gasteiger charge is -2.06. The van der Waals surface area contributed by atoms with Gasteiger partial charge < -0.3 is 0 Å². The molecule has 0 radical (unpaired) electrons. The van der Waals surface area contributed by atoms with Gasteiger partial charge in [0.25, 0.3) is 11.1 Å². The van der Waals surface area contributed by atoms with Gasteiger partial charge >= 0.3 is 5.51 Å². The molecule has 2 rings (SSSR count). The van der Waals surface area contributed by atoms with Crippen molar-refractivity contribution in [2.75, 3.05) is 6.61 Å². The van der Waals surface area contributed by atoms with Crippen LogP contribution < -0.4 is 0 Å². The second-order valence-electron chi connectivity index (χ2n) is 3.93. The summed E-state index contributed by atoms with van der Waals surface area (Å²) in [7, 11) is 0. The molecule has 0 aromatic heterocycles. The second kappa shape index (κ2) is 5.72. The summed E-state index contributed by atoms with van der Waals surface area (Å²) in [6.07, 6.45) is 0. The Bertz CT molecular complexity index is 667. The van der Waals surface area contributed by atoms with Gasteiger partial charge in [0.05, 0.1) is 0 Å². The van der Waals surface area contributed by atoms with Crippen LogP contribution in [-0.2, 0) is 15.3 Å². The van der Waals surface area contributed by atoms with Gasteiger partial charge in [0.15, 0.2) is 5.78 Å². The van der Waals surface area contributed by atoms with E-state index in [0.717, 1.165) is 10.8 Å². The van der Waals surface area contributed by atoms with Gasteiger partial charge in [0, 0.05) is 5.56 Å². The SMILES string of the molecule is O=C(COS(=O)C(F)(F)F)c1ccc2ccccc2c1. The van der Waals surface area contributed by atoms with E-state index >= 15 is 0 Å². The van der Waals surface area contributed by atoms with Crippen molar-refractivity contribution in [2.45, 2.75) is 5.51 Å². The van der Waals surface area contributed by atoms with E-state index in [1.807, 2.05) is 12.1 Å². The fraction of sp³-hybridized carbons (Fsp3) is 0.154. The molecule has 0 amide bonds. The third-order valence-corrected chi connectivity index (χ3v) is 3.27. The molecule has 2 aromatic carbocycles. The lowest BCUT2D eigenvalue weighted by atomic mass is 10.0. The van der Waals surface area contributed by atoms with E-state index in [-0.39, 0.29) is 5.56 Å². The van der Waals surface area contributed by atoms with Crippen molar-refractivity contribution in [3.05, 3.63) is 48.0 Å². The van der Waals surface area contributed by atoms with Gasteiger partial charge in [0.1, 0.15) is 6.61 Å². The van der Waals surface area contributed by atoms with Gasteiger partial charge in [-0.2, -0.15) is 13.2 Å². The van der Waals surface area contributed by atoms with Crippen molar-refractivity contribution in [3.63, 3.8) is 0 Å². The minimum Gasteiger partial charge on any atom is -0.292 e. The topological polar surface area (TPSA) is 43.4 Å². The molecule has 0 fully saturated rings. The summed E-state index contributed by atoms with van der Waals surface area (Å²) in [4.78, 5) is 11.7. The van der Waals surface area contributed by atoms with E-state index in [4.69, 9.17) is 0 Å². The number of hydrogen-bond donors (Lipinski definition) is 0. The summed E-state index contributed by atoms with van der Waals surface area (Å²) in [5, 5.41) is 1.69. The van der Waals surface area contributed by atoms with E-state index in [0.29, 0.717) is 0 Å². The molecule has 106 valence electrons. The standard InChI is InChI=1S/C13H9F3O3S/c14-13(15,16)20(18)19-8-12(17)11-6-5-9-3-1-2-4-10(9)7-11/h1-7H,8H2. The first-order chi connectivity index (χ1) is 9.38. The number of Topliss-reactive ketones (excluding diaryl/α,β-unsaturated/α-hetero) is 1. The Kier molecular flexibility index (Phi) is 4.20. The maximum atomic E-state index is 12.0. The third-order valence-electron chi connectivity index (χ3n) is 2.56. The molecular formula is C13H9F3O3S. The summed E-state index contributed by atoms with van der Waals surface area (Å²) in [5.74, 6) is -0.659. The largest absolute Gasteiger partial charge is 0.497 e. The number of benzene rings is 2. The lowest BCUT2D eigenvalue weighted by molar-refractivity contribution is -0.0467. The van der Waals surface area contributed by atoms with Gasteiger partial charge in [-0.15, -0.1) is 0 Å². The normalized spacial score (nSPS) is 13.3. The van der Waals surface area contributed by atoms with Crippen molar-refractivity contribution in [3.8, 4) is 0 Å². The fourth-order valence-corrected chi connectivity index (χ4v) is 1.97. The van der Waals surface area contributed by atoms with E-state index in [1.165, 1.54) is 6.07 Å². The van der Waals surface area contributed by atoms with Gasteiger partial charge in [0.2, 0.25) is 0 Å². The Labute approximate surface area is 115 Å². The van der Waals surface area contributed by atoms with Gasteiger partial charge in [-0.3, -0.25) is 8.98 Å². The number of alkyl halides is 3. The molecule has 1 atom stereocenters. The molecule has 1 unspecified atom stereocenters. The average Bonchev–Trinajstić information content (AvgIpc) is 2.42. The van der Waals surface area contributed by atoms with Crippen LogP contribution in [0.15, 0.2) is 42.5 Å². The van der Waals surface area contributed by atoms with Gasteiger partial charge in [-0.25, -0.2) is 4.21 Å². The molecule has 2 aromatic rings. The van der Waals surface area contributed by atoms with Crippen molar-refractivity contribution in [1.29, 1.82) is 0 Å². The van der Waals surface area contributed by atoms with Crippen LogP contribution in [0.25, 0.3) is 10.8 Å². The maximum Gasteiger partial charge on any atom is 0.497 e. The average molecular weight is 302 g/mol. The molecule has 0 N–H and O–H groups in total. The first kappa shape index (κ1) is 14.7. The Morgan fingerprint density at radius 1 is 1.10 bits per heavy atom. The molecule has 3 nitrogen and oxygen atoms in total. The lowest BCUT2D eigenvalue weighted by Crippen LogP contribution is -2.21. The monoisotopic (exact) mass is 302 g/mol. The Morgan fingerprint density at radius 3 is 2.40 bits per heavy atom. The second-order valence-corrected chi connectivity index (χ2v) is 5.10. The molecule has 0 aliphatic carbocycles. The smallest absolute Gasteiger partial charge is 0.292 e. The third kappa shape index (κ3) is 3.43. The van der Waals surface area contributed by atoms with E-state index in [9.17, 15) is 22.2 Å². The van der Waals surface area contributed by atoms with Crippen molar-refractivity contribution in [1.82, 2.24) is 0 Å². The number of hydrogen-bond acceptors (Lipinski definition) is 3. The van der Waals surface area contributed by atoms with Crippen LogP contribution in [0.5, 0.6) is 0 Å². The highest BCUT2D eigenvalue weighted by molar-refractivity contribution is 7.81. The molecule has 7 heteroatoms. The van der Waals surface area contributed by atoms with Crippen LogP contribution in [0.1, 0.15) is 10.4 Å². The highest BCUT2D eigenvalue weighted by Gasteiger charge is 2.39. The highest BCUT2D eigenvalue weighted by atomic mass is 32.2. The Balaban J connectivity index is 2.10. The van der Waals surface area contributed by atoms with Crippen LogP contribution in [0.4, 0.5) is 13.2 Å². The van der Waals surface area contributed by atoms with E-state index in [1.54, 1.807) is 24.3 Å². The zero-order chi connectivity index (χ0) is 14.8. The fourth-order valence-electron chi connectivity index (χ4n) is 1.62. The molecule has 20 heavy (non-hydrogen) atoms. The van der Waals surface area contributed by atoms with Crippen LogP contribution in [0, 0.1) is 0 Å². The molecule has 0 saturated carbocycles. The zero-order valence-corrected chi connectivity index (χ0v) is 10.8. The van der Waals surface area contributed by atoms with Gasteiger partial charge in [-0.05, 0) is 16.8 Å². The summed E-state index contributed by atoms with van der Waals surface area (Å²) >= 11 is -3.48. The summed E-state index contributed by atoms with van der Waals surface area (Å²) in [6.45, 7) is -0.884. The molecule has 0 saturated heterocycles.